The Morgan fingerprint density at radius 3 is 2.24 bits per heavy atom. The Balaban J connectivity index is 1.10. The second-order valence-electron chi connectivity index (χ2n) is 9.67. The second kappa shape index (κ2) is 8.18. The first kappa shape index (κ1) is 20.2. The Morgan fingerprint density at radius 1 is 0.879 bits per heavy atom. The minimum absolute atomic E-state index is 0.0271. The molecule has 2 amide bonds. The molecule has 2 N–H and O–H groups in total. The fourth-order valence-corrected chi connectivity index (χ4v) is 6.24. The summed E-state index contributed by atoms with van der Waals surface area (Å²) in [5.41, 5.74) is 7.79. The molecule has 7 rings (SSSR count). The van der Waals surface area contributed by atoms with E-state index in [1.54, 1.807) is 0 Å². The molecule has 0 saturated carbocycles. The lowest BCUT2D eigenvalue weighted by molar-refractivity contribution is -0.123. The third-order valence-corrected chi connectivity index (χ3v) is 7.82. The van der Waals surface area contributed by atoms with Crippen molar-refractivity contribution in [2.24, 2.45) is 11.8 Å². The zero-order valence-electron chi connectivity index (χ0n) is 18.6. The van der Waals surface area contributed by atoms with Gasteiger partial charge in [-0.25, -0.2) is 0 Å². The molecule has 0 fully saturated rings. The normalized spacial score (nSPS) is 24.3. The Kier molecular flexibility index (Phi) is 5.01. The number of hydrogen-bond donors (Lipinski definition) is 2. The first-order chi connectivity index (χ1) is 16.2. The summed E-state index contributed by atoms with van der Waals surface area (Å²) in [5, 5.41) is 6.19. The maximum absolute atomic E-state index is 12.7. The number of amides is 2. The first-order valence-electron chi connectivity index (χ1n) is 12.0. The molecular formula is C29H28N2O2. The number of fused-ring (bicyclic) bond motifs is 2. The molecule has 3 aromatic rings. The summed E-state index contributed by atoms with van der Waals surface area (Å²) >= 11 is 0. The number of carbonyl (C=O) groups is 2. The second-order valence-corrected chi connectivity index (χ2v) is 9.67. The van der Waals surface area contributed by atoms with Gasteiger partial charge < -0.3 is 10.6 Å². The molecule has 0 radical (unpaired) electrons. The summed E-state index contributed by atoms with van der Waals surface area (Å²) in [7, 11) is 0. The molecule has 0 spiro atoms. The van der Waals surface area contributed by atoms with Gasteiger partial charge in [0.15, 0.2) is 0 Å². The molecule has 33 heavy (non-hydrogen) atoms. The highest BCUT2D eigenvalue weighted by Gasteiger charge is 2.42. The highest BCUT2D eigenvalue weighted by molar-refractivity contribution is 5.96. The van der Waals surface area contributed by atoms with Crippen LogP contribution in [0.25, 0.3) is 0 Å². The first-order valence-corrected chi connectivity index (χ1v) is 12.0. The van der Waals surface area contributed by atoms with Crippen LogP contribution in [0.15, 0.2) is 72.8 Å². The summed E-state index contributed by atoms with van der Waals surface area (Å²) in [4.78, 5) is 25.2. The van der Waals surface area contributed by atoms with Crippen molar-refractivity contribution in [2.45, 2.75) is 37.5 Å². The van der Waals surface area contributed by atoms with Crippen molar-refractivity contribution < 1.29 is 9.59 Å². The molecule has 1 aliphatic heterocycles. The van der Waals surface area contributed by atoms with Gasteiger partial charge in [0.05, 0.1) is 0 Å². The summed E-state index contributed by atoms with van der Waals surface area (Å²) in [6, 6.07) is 25.5. The van der Waals surface area contributed by atoms with Gasteiger partial charge in [-0.15, -0.1) is 0 Å². The van der Waals surface area contributed by atoms with Crippen LogP contribution in [0.1, 0.15) is 58.9 Å². The Bertz CT molecular complexity index is 1190. The molecule has 1 heterocycles. The smallest absolute Gasteiger partial charge is 0.227 e. The lowest BCUT2D eigenvalue weighted by atomic mass is 9.59. The van der Waals surface area contributed by atoms with E-state index < -0.39 is 0 Å². The molecule has 166 valence electrons. The molecule has 0 aromatic heterocycles. The van der Waals surface area contributed by atoms with Gasteiger partial charge in [0.2, 0.25) is 11.8 Å². The van der Waals surface area contributed by atoms with Crippen LogP contribution in [0.3, 0.4) is 0 Å². The summed E-state index contributed by atoms with van der Waals surface area (Å²) in [6.45, 7) is 0.683. The van der Waals surface area contributed by atoms with Crippen molar-refractivity contribution >= 4 is 17.5 Å². The highest BCUT2D eigenvalue weighted by Crippen LogP contribution is 2.55. The highest BCUT2D eigenvalue weighted by atomic mass is 16.2. The number of rotatable bonds is 5. The van der Waals surface area contributed by atoms with Gasteiger partial charge in [0.25, 0.3) is 0 Å². The molecular weight excluding hydrogens is 408 g/mol. The molecule has 2 atom stereocenters. The maximum atomic E-state index is 12.7. The van der Waals surface area contributed by atoms with E-state index in [9.17, 15) is 9.59 Å². The van der Waals surface area contributed by atoms with Crippen LogP contribution in [-0.2, 0) is 16.0 Å². The number of para-hydroxylation sites is 1. The van der Waals surface area contributed by atoms with Gasteiger partial charge in [-0.05, 0) is 59.1 Å². The van der Waals surface area contributed by atoms with E-state index in [0.717, 1.165) is 17.7 Å². The number of nitrogens with one attached hydrogen (secondary N) is 2. The van der Waals surface area contributed by atoms with E-state index in [2.05, 4.69) is 65.2 Å². The largest absolute Gasteiger partial charge is 0.356 e. The maximum Gasteiger partial charge on any atom is 0.227 e. The average molecular weight is 437 g/mol. The zero-order valence-corrected chi connectivity index (χ0v) is 18.6. The zero-order chi connectivity index (χ0) is 22.4. The van der Waals surface area contributed by atoms with Crippen molar-refractivity contribution in [1.82, 2.24) is 5.32 Å². The van der Waals surface area contributed by atoms with Gasteiger partial charge in [0.1, 0.15) is 0 Å². The van der Waals surface area contributed by atoms with Crippen molar-refractivity contribution in [3.63, 3.8) is 0 Å². The standard InChI is InChI=1S/C29H28N2O2/c32-27(14-13-19-15-18-7-1-6-12-26(18)31-29(19)33)30-17-20-16-25-21-8-2-4-10-23(21)28(20)24-11-5-3-9-22(24)25/h1-12,19-20,25,28H,13-17H2,(H,30,32)(H,31,33). The van der Waals surface area contributed by atoms with Crippen LogP contribution < -0.4 is 10.6 Å². The molecule has 4 heteroatoms. The third-order valence-electron chi connectivity index (χ3n) is 7.82. The van der Waals surface area contributed by atoms with E-state index in [0.29, 0.717) is 43.6 Å². The fourth-order valence-electron chi connectivity index (χ4n) is 6.24. The van der Waals surface area contributed by atoms with Gasteiger partial charge in [-0.3, -0.25) is 9.59 Å². The van der Waals surface area contributed by atoms with Crippen LogP contribution in [0.4, 0.5) is 5.69 Å². The van der Waals surface area contributed by atoms with Crippen molar-refractivity contribution in [3.8, 4) is 0 Å². The van der Waals surface area contributed by atoms with Gasteiger partial charge in [0, 0.05) is 36.4 Å². The molecule has 3 aromatic carbocycles. The minimum atomic E-state index is -0.143. The Labute approximate surface area is 194 Å². The molecule has 2 bridgehead atoms. The predicted octanol–water partition coefficient (Wildman–Crippen LogP) is 4.99. The number of hydrogen-bond acceptors (Lipinski definition) is 2. The van der Waals surface area contributed by atoms with E-state index in [1.807, 2.05) is 18.2 Å². The predicted molar refractivity (Wildman–Crippen MR) is 129 cm³/mol. The Hall–Kier alpha value is -3.40. The lowest BCUT2D eigenvalue weighted by Gasteiger charge is -2.45. The van der Waals surface area contributed by atoms with Gasteiger partial charge in [-0.1, -0.05) is 66.7 Å². The number of anilines is 1. The van der Waals surface area contributed by atoms with Crippen LogP contribution in [0, 0.1) is 11.8 Å². The van der Waals surface area contributed by atoms with Crippen LogP contribution in [-0.4, -0.2) is 18.4 Å². The third kappa shape index (κ3) is 3.54. The van der Waals surface area contributed by atoms with Gasteiger partial charge in [-0.2, -0.15) is 0 Å². The molecule has 4 aliphatic rings. The number of benzene rings is 3. The Morgan fingerprint density at radius 2 is 1.52 bits per heavy atom. The quantitative estimate of drug-likeness (QED) is 0.592. The molecule has 4 nitrogen and oxygen atoms in total. The summed E-state index contributed by atoms with van der Waals surface area (Å²) < 4.78 is 0. The van der Waals surface area contributed by atoms with Gasteiger partial charge >= 0.3 is 0 Å². The van der Waals surface area contributed by atoms with Crippen molar-refractivity contribution in [1.29, 1.82) is 0 Å². The van der Waals surface area contributed by atoms with Crippen molar-refractivity contribution in [2.75, 3.05) is 11.9 Å². The summed E-state index contributed by atoms with van der Waals surface area (Å²) in [5.74, 6) is 1.08. The SMILES string of the molecule is O=C(CCC1Cc2ccccc2NC1=O)NCC1CC2c3ccccc3C1c1ccccc12. The fraction of sp³-hybridized carbons (Fsp3) is 0.310. The monoisotopic (exact) mass is 436 g/mol. The average Bonchev–Trinajstić information content (AvgIpc) is 2.86. The van der Waals surface area contributed by atoms with E-state index in [-0.39, 0.29) is 17.7 Å². The molecule has 2 unspecified atom stereocenters. The van der Waals surface area contributed by atoms with E-state index in [4.69, 9.17) is 0 Å². The number of carbonyl (C=O) groups excluding carboxylic acids is 2. The van der Waals surface area contributed by atoms with E-state index in [1.165, 1.54) is 22.3 Å². The summed E-state index contributed by atoms with van der Waals surface area (Å²) in [6.07, 6.45) is 2.73. The van der Waals surface area contributed by atoms with Crippen LogP contribution in [0.5, 0.6) is 0 Å². The molecule has 3 aliphatic carbocycles. The van der Waals surface area contributed by atoms with Crippen LogP contribution >= 0.6 is 0 Å². The molecule has 0 saturated heterocycles. The topological polar surface area (TPSA) is 58.2 Å². The van der Waals surface area contributed by atoms with Crippen molar-refractivity contribution in [3.05, 3.63) is 101 Å². The lowest BCUT2D eigenvalue weighted by Crippen LogP contribution is -2.39. The minimum Gasteiger partial charge on any atom is -0.356 e. The van der Waals surface area contributed by atoms with Crippen LogP contribution in [0.2, 0.25) is 0 Å². The van der Waals surface area contributed by atoms with E-state index >= 15 is 0 Å².